The Bertz CT molecular complexity index is 274. The van der Waals surface area contributed by atoms with Crippen molar-refractivity contribution in [3.05, 3.63) is 18.1 Å². The summed E-state index contributed by atoms with van der Waals surface area (Å²) in [6.07, 6.45) is 4.86. The molecule has 2 heterocycles. The first-order valence-corrected chi connectivity index (χ1v) is 4.19. The Kier molecular flexibility index (Phi) is 1.86. The molecule has 12 heavy (non-hydrogen) atoms. The Morgan fingerprint density at radius 3 is 2.75 bits per heavy atom. The molecule has 1 aliphatic heterocycles. The van der Waals surface area contributed by atoms with Crippen LogP contribution in [0.2, 0.25) is 0 Å². The van der Waals surface area contributed by atoms with Crippen molar-refractivity contribution in [3.8, 4) is 0 Å². The molecule has 2 rings (SSSR count). The number of carbonyl (C=O) groups excluding carboxylic acids is 1. The molecule has 0 bridgehead atoms. The van der Waals surface area contributed by atoms with Crippen LogP contribution in [0, 0.1) is 0 Å². The van der Waals surface area contributed by atoms with Gasteiger partial charge in [0.05, 0.1) is 5.69 Å². The van der Waals surface area contributed by atoms with E-state index in [0.717, 1.165) is 25.1 Å². The van der Waals surface area contributed by atoms with Crippen molar-refractivity contribution in [1.82, 2.24) is 0 Å². The fraction of sp³-hybridized carbons (Fsp3) is 0.444. The number of aldehydes is 1. The highest BCUT2D eigenvalue weighted by atomic mass is 16.3. The highest BCUT2D eigenvalue weighted by molar-refractivity contribution is 5.73. The fourth-order valence-corrected chi connectivity index (χ4v) is 1.55. The maximum Gasteiger partial charge on any atom is 0.185 e. The van der Waals surface area contributed by atoms with E-state index in [0.29, 0.717) is 5.76 Å². The second kappa shape index (κ2) is 3.01. The summed E-state index contributed by atoms with van der Waals surface area (Å²) in [4.78, 5) is 12.6. The van der Waals surface area contributed by atoms with Crippen LogP contribution in [0.1, 0.15) is 23.4 Å². The molecule has 3 nitrogen and oxygen atoms in total. The summed E-state index contributed by atoms with van der Waals surface area (Å²) in [5, 5.41) is 0. The lowest BCUT2D eigenvalue weighted by atomic mass is 10.4. The lowest BCUT2D eigenvalue weighted by molar-refractivity contribution is 0.110. The number of hydrogen-bond donors (Lipinski definition) is 0. The van der Waals surface area contributed by atoms with Gasteiger partial charge in [-0.2, -0.15) is 0 Å². The van der Waals surface area contributed by atoms with Gasteiger partial charge in [-0.15, -0.1) is 0 Å². The smallest absolute Gasteiger partial charge is 0.185 e. The maximum absolute atomic E-state index is 10.3. The molecular weight excluding hydrogens is 154 g/mol. The van der Waals surface area contributed by atoms with Crippen molar-refractivity contribution in [2.24, 2.45) is 0 Å². The van der Waals surface area contributed by atoms with E-state index in [1.807, 2.05) is 0 Å². The Hall–Kier alpha value is -1.25. The molecule has 0 aliphatic carbocycles. The van der Waals surface area contributed by atoms with Gasteiger partial charge >= 0.3 is 0 Å². The van der Waals surface area contributed by atoms with Crippen LogP contribution in [0.15, 0.2) is 16.7 Å². The number of anilines is 1. The molecule has 1 aliphatic rings. The van der Waals surface area contributed by atoms with Crippen LogP contribution in [0.25, 0.3) is 0 Å². The molecule has 1 aromatic heterocycles. The Morgan fingerprint density at radius 2 is 2.17 bits per heavy atom. The monoisotopic (exact) mass is 165 g/mol. The van der Waals surface area contributed by atoms with Crippen LogP contribution in [-0.2, 0) is 0 Å². The van der Waals surface area contributed by atoms with Crippen LogP contribution >= 0.6 is 0 Å². The van der Waals surface area contributed by atoms with Crippen molar-refractivity contribution in [1.29, 1.82) is 0 Å². The topological polar surface area (TPSA) is 33.5 Å². The third-order valence-corrected chi connectivity index (χ3v) is 2.19. The summed E-state index contributed by atoms with van der Waals surface area (Å²) in [6.45, 7) is 2.16. The average molecular weight is 165 g/mol. The molecule has 3 heteroatoms. The zero-order valence-corrected chi connectivity index (χ0v) is 6.82. The quantitative estimate of drug-likeness (QED) is 0.625. The first kappa shape index (κ1) is 7.40. The zero-order valence-electron chi connectivity index (χ0n) is 6.82. The van der Waals surface area contributed by atoms with Gasteiger partial charge in [-0.3, -0.25) is 4.79 Å². The Balaban J connectivity index is 2.16. The maximum atomic E-state index is 10.3. The second-order valence-electron chi connectivity index (χ2n) is 3.02. The van der Waals surface area contributed by atoms with E-state index in [1.54, 1.807) is 12.3 Å². The van der Waals surface area contributed by atoms with Crippen molar-refractivity contribution in [2.45, 2.75) is 12.8 Å². The van der Waals surface area contributed by atoms with Crippen molar-refractivity contribution >= 4 is 12.0 Å². The Labute approximate surface area is 71.0 Å². The molecule has 0 unspecified atom stereocenters. The summed E-state index contributed by atoms with van der Waals surface area (Å²) in [5.74, 6) is 0.414. The van der Waals surface area contributed by atoms with Crippen molar-refractivity contribution < 1.29 is 9.21 Å². The van der Waals surface area contributed by atoms with E-state index in [9.17, 15) is 4.79 Å². The van der Waals surface area contributed by atoms with Gasteiger partial charge in [0, 0.05) is 19.2 Å². The summed E-state index contributed by atoms with van der Waals surface area (Å²) >= 11 is 0. The molecule has 1 fully saturated rings. The van der Waals surface area contributed by atoms with Gasteiger partial charge in [-0.1, -0.05) is 0 Å². The number of carbonyl (C=O) groups is 1. The van der Waals surface area contributed by atoms with Crippen molar-refractivity contribution in [3.63, 3.8) is 0 Å². The van der Waals surface area contributed by atoms with E-state index in [2.05, 4.69) is 4.90 Å². The molecule has 64 valence electrons. The molecule has 0 radical (unpaired) electrons. The number of rotatable bonds is 2. The van der Waals surface area contributed by atoms with Crippen LogP contribution in [0.5, 0.6) is 0 Å². The zero-order chi connectivity index (χ0) is 8.39. The van der Waals surface area contributed by atoms with Gasteiger partial charge in [0.1, 0.15) is 6.26 Å². The third-order valence-electron chi connectivity index (χ3n) is 2.19. The third kappa shape index (κ3) is 1.22. The summed E-state index contributed by atoms with van der Waals surface area (Å²) in [7, 11) is 0. The minimum absolute atomic E-state index is 0.414. The Morgan fingerprint density at radius 1 is 1.42 bits per heavy atom. The first-order chi connectivity index (χ1) is 5.90. The molecule has 1 aromatic rings. The van der Waals surface area contributed by atoms with Crippen LogP contribution < -0.4 is 4.90 Å². The molecule has 0 atom stereocenters. The summed E-state index contributed by atoms with van der Waals surface area (Å²) in [5.41, 5.74) is 1.04. The van der Waals surface area contributed by atoms with Gasteiger partial charge in [0.15, 0.2) is 12.0 Å². The standard InChI is InChI=1S/C9H11NO2/c11-6-9-5-8(7-12-9)10-3-1-2-4-10/h5-7H,1-4H2. The molecule has 1 saturated heterocycles. The van der Waals surface area contributed by atoms with Gasteiger partial charge in [0.2, 0.25) is 0 Å². The molecule has 0 saturated carbocycles. The molecule has 0 aromatic carbocycles. The van der Waals surface area contributed by atoms with Gasteiger partial charge < -0.3 is 9.32 Å². The van der Waals surface area contributed by atoms with E-state index in [4.69, 9.17) is 4.42 Å². The average Bonchev–Trinajstić information content (AvgIpc) is 2.75. The van der Waals surface area contributed by atoms with Crippen LogP contribution in [0.3, 0.4) is 0 Å². The van der Waals surface area contributed by atoms with Crippen LogP contribution in [-0.4, -0.2) is 19.4 Å². The molecule has 0 spiro atoms. The van der Waals surface area contributed by atoms with E-state index < -0.39 is 0 Å². The fourth-order valence-electron chi connectivity index (χ4n) is 1.55. The SMILES string of the molecule is O=Cc1cc(N2CCCC2)co1. The van der Waals surface area contributed by atoms with E-state index in [-0.39, 0.29) is 0 Å². The largest absolute Gasteiger partial charge is 0.459 e. The van der Waals surface area contributed by atoms with Crippen molar-refractivity contribution in [2.75, 3.05) is 18.0 Å². The molecule has 0 N–H and O–H groups in total. The van der Waals surface area contributed by atoms with Crippen LogP contribution in [0.4, 0.5) is 5.69 Å². The molecule has 0 amide bonds. The normalized spacial score (nSPS) is 16.8. The highest BCUT2D eigenvalue weighted by Gasteiger charge is 2.14. The van der Waals surface area contributed by atoms with Gasteiger partial charge in [-0.25, -0.2) is 0 Å². The second-order valence-corrected chi connectivity index (χ2v) is 3.02. The number of hydrogen-bond acceptors (Lipinski definition) is 3. The summed E-state index contributed by atoms with van der Waals surface area (Å²) in [6, 6.07) is 1.79. The highest BCUT2D eigenvalue weighted by Crippen LogP contribution is 2.21. The minimum Gasteiger partial charge on any atom is -0.459 e. The number of nitrogens with zero attached hydrogens (tertiary/aromatic N) is 1. The van der Waals surface area contributed by atoms with Gasteiger partial charge in [-0.05, 0) is 12.8 Å². The molecular formula is C9H11NO2. The first-order valence-electron chi connectivity index (χ1n) is 4.19. The number of furan rings is 1. The lowest BCUT2D eigenvalue weighted by Crippen LogP contribution is -2.16. The van der Waals surface area contributed by atoms with E-state index in [1.165, 1.54) is 12.8 Å². The van der Waals surface area contributed by atoms with E-state index >= 15 is 0 Å². The van der Waals surface area contributed by atoms with Gasteiger partial charge in [0.25, 0.3) is 0 Å². The predicted molar refractivity (Wildman–Crippen MR) is 45.5 cm³/mol. The predicted octanol–water partition coefficient (Wildman–Crippen LogP) is 1.69. The minimum atomic E-state index is 0.414. The summed E-state index contributed by atoms with van der Waals surface area (Å²) < 4.78 is 5.02. The lowest BCUT2D eigenvalue weighted by Gasteiger charge is -2.13.